The molecule has 3 rings (SSSR count). The number of nitrogens with zero attached hydrogens (tertiary/aromatic N) is 1. The number of rotatable bonds is 1. The molecule has 2 nitrogen and oxygen atoms in total. The molecule has 0 atom stereocenters. The van der Waals surface area contributed by atoms with Crippen LogP contribution < -0.4 is 0 Å². The average molecular weight is 240 g/mol. The molecule has 0 aliphatic heterocycles. The predicted molar refractivity (Wildman–Crippen MR) is 71.0 cm³/mol. The first-order valence-electron chi connectivity index (χ1n) is 5.86. The van der Waals surface area contributed by atoms with Crippen LogP contribution in [-0.4, -0.2) is 9.97 Å². The lowest BCUT2D eigenvalue weighted by Gasteiger charge is -2.03. The number of aromatic amines is 1. The Kier molecular flexibility index (Phi) is 2.40. The standard InChI is InChI=1S/C15H13FN2/c1-9-7-11(3-5-13(9)16)12-4-6-14-15(8-12)18-10(2)17-14/h3-8H,1-2H3,(H,17,18). The molecule has 0 aliphatic rings. The Morgan fingerprint density at radius 2 is 1.72 bits per heavy atom. The van der Waals surface area contributed by atoms with Crippen LogP contribution in [0.4, 0.5) is 4.39 Å². The van der Waals surface area contributed by atoms with Crippen molar-refractivity contribution in [3.05, 3.63) is 53.6 Å². The highest BCUT2D eigenvalue weighted by atomic mass is 19.1. The summed E-state index contributed by atoms with van der Waals surface area (Å²) < 4.78 is 13.3. The second kappa shape index (κ2) is 3.95. The van der Waals surface area contributed by atoms with Crippen LogP contribution in [-0.2, 0) is 0 Å². The third kappa shape index (κ3) is 1.78. The third-order valence-electron chi connectivity index (χ3n) is 3.09. The number of hydrogen-bond acceptors (Lipinski definition) is 1. The van der Waals surface area contributed by atoms with E-state index in [0.29, 0.717) is 5.56 Å². The molecule has 0 bridgehead atoms. The zero-order chi connectivity index (χ0) is 12.7. The number of halogens is 1. The van der Waals surface area contributed by atoms with Crippen molar-refractivity contribution < 1.29 is 4.39 Å². The van der Waals surface area contributed by atoms with Crippen molar-refractivity contribution in [2.45, 2.75) is 13.8 Å². The topological polar surface area (TPSA) is 28.7 Å². The lowest BCUT2D eigenvalue weighted by Crippen LogP contribution is -1.84. The number of H-pyrrole nitrogens is 1. The minimum atomic E-state index is -0.171. The molecular formula is C15H13FN2. The number of aryl methyl sites for hydroxylation is 2. The molecule has 0 aliphatic carbocycles. The van der Waals surface area contributed by atoms with E-state index in [1.54, 1.807) is 13.0 Å². The van der Waals surface area contributed by atoms with Crippen molar-refractivity contribution in [1.29, 1.82) is 0 Å². The molecule has 0 saturated carbocycles. The maximum atomic E-state index is 13.3. The predicted octanol–water partition coefficient (Wildman–Crippen LogP) is 3.99. The first-order chi connectivity index (χ1) is 8.63. The van der Waals surface area contributed by atoms with Crippen molar-refractivity contribution in [1.82, 2.24) is 9.97 Å². The fraction of sp³-hybridized carbons (Fsp3) is 0.133. The highest BCUT2D eigenvalue weighted by Crippen LogP contribution is 2.25. The molecule has 3 heteroatoms. The van der Waals surface area contributed by atoms with E-state index < -0.39 is 0 Å². The lowest BCUT2D eigenvalue weighted by molar-refractivity contribution is 0.619. The minimum Gasteiger partial charge on any atom is -0.342 e. The Morgan fingerprint density at radius 3 is 2.50 bits per heavy atom. The van der Waals surface area contributed by atoms with Gasteiger partial charge in [-0.2, -0.15) is 0 Å². The first-order valence-corrected chi connectivity index (χ1v) is 5.86. The number of benzene rings is 2. The maximum Gasteiger partial charge on any atom is 0.126 e. The summed E-state index contributed by atoms with van der Waals surface area (Å²) in [7, 11) is 0. The van der Waals surface area contributed by atoms with E-state index in [4.69, 9.17) is 0 Å². The fourth-order valence-corrected chi connectivity index (χ4v) is 2.14. The normalized spacial score (nSPS) is 11.1. The van der Waals surface area contributed by atoms with Gasteiger partial charge in [0.15, 0.2) is 0 Å². The zero-order valence-corrected chi connectivity index (χ0v) is 10.3. The van der Waals surface area contributed by atoms with Gasteiger partial charge in [0, 0.05) is 0 Å². The first kappa shape index (κ1) is 11.0. The van der Waals surface area contributed by atoms with Crippen LogP contribution in [0.3, 0.4) is 0 Å². The van der Waals surface area contributed by atoms with E-state index in [9.17, 15) is 4.39 Å². The van der Waals surface area contributed by atoms with E-state index in [0.717, 1.165) is 28.0 Å². The Hall–Kier alpha value is -2.16. The number of fused-ring (bicyclic) bond motifs is 1. The van der Waals surface area contributed by atoms with Crippen molar-refractivity contribution in [2.75, 3.05) is 0 Å². The molecule has 90 valence electrons. The molecule has 3 aromatic rings. The molecule has 0 unspecified atom stereocenters. The summed E-state index contributed by atoms with van der Waals surface area (Å²) in [4.78, 5) is 7.60. The van der Waals surface area contributed by atoms with Crippen molar-refractivity contribution >= 4 is 11.0 Å². The van der Waals surface area contributed by atoms with Crippen molar-refractivity contribution in [3.63, 3.8) is 0 Å². The van der Waals surface area contributed by atoms with Crippen LogP contribution in [0.2, 0.25) is 0 Å². The second-order valence-electron chi connectivity index (χ2n) is 4.52. The van der Waals surface area contributed by atoms with Gasteiger partial charge in [-0.3, -0.25) is 0 Å². The summed E-state index contributed by atoms with van der Waals surface area (Å²) in [5.41, 5.74) is 4.68. The number of nitrogens with one attached hydrogen (secondary N) is 1. The van der Waals surface area contributed by atoms with Gasteiger partial charge in [0.25, 0.3) is 0 Å². The summed E-state index contributed by atoms with van der Waals surface area (Å²) in [6, 6.07) is 11.2. The summed E-state index contributed by atoms with van der Waals surface area (Å²) >= 11 is 0. The molecule has 18 heavy (non-hydrogen) atoms. The highest BCUT2D eigenvalue weighted by molar-refractivity contribution is 5.82. The van der Waals surface area contributed by atoms with Gasteiger partial charge in [-0.05, 0) is 54.8 Å². The molecule has 0 amide bonds. The van der Waals surface area contributed by atoms with E-state index in [-0.39, 0.29) is 5.82 Å². The van der Waals surface area contributed by atoms with Crippen LogP contribution in [0.1, 0.15) is 11.4 Å². The van der Waals surface area contributed by atoms with Gasteiger partial charge in [-0.1, -0.05) is 12.1 Å². The summed E-state index contributed by atoms with van der Waals surface area (Å²) in [5, 5.41) is 0. The molecule has 2 aromatic carbocycles. The van der Waals surface area contributed by atoms with Crippen LogP contribution in [0.5, 0.6) is 0 Å². The van der Waals surface area contributed by atoms with E-state index in [1.807, 2.05) is 31.2 Å². The Balaban J connectivity index is 2.15. The van der Waals surface area contributed by atoms with Crippen LogP contribution in [0.25, 0.3) is 22.2 Å². The van der Waals surface area contributed by atoms with Gasteiger partial charge in [0.1, 0.15) is 11.6 Å². The highest BCUT2D eigenvalue weighted by Gasteiger charge is 2.04. The Bertz CT molecular complexity index is 728. The van der Waals surface area contributed by atoms with Crippen LogP contribution >= 0.6 is 0 Å². The average Bonchev–Trinajstić information content (AvgIpc) is 2.71. The van der Waals surface area contributed by atoms with Crippen molar-refractivity contribution in [3.8, 4) is 11.1 Å². The quantitative estimate of drug-likeness (QED) is 0.684. The van der Waals surface area contributed by atoms with E-state index in [2.05, 4.69) is 9.97 Å². The minimum absolute atomic E-state index is 0.171. The van der Waals surface area contributed by atoms with Crippen molar-refractivity contribution in [2.24, 2.45) is 0 Å². The fourth-order valence-electron chi connectivity index (χ4n) is 2.14. The van der Waals surface area contributed by atoms with E-state index >= 15 is 0 Å². The third-order valence-corrected chi connectivity index (χ3v) is 3.09. The largest absolute Gasteiger partial charge is 0.342 e. The molecule has 0 saturated heterocycles. The number of hydrogen-bond donors (Lipinski definition) is 1. The van der Waals surface area contributed by atoms with Crippen LogP contribution in [0.15, 0.2) is 36.4 Å². The van der Waals surface area contributed by atoms with Gasteiger partial charge < -0.3 is 4.98 Å². The molecule has 1 aromatic heterocycles. The second-order valence-corrected chi connectivity index (χ2v) is 4.52. The molecule has 0 spiro atoms. The summed E-state index contributed by atoms with van der Waals surface area (Å²) in [6.45, 7) is 3.71. The molecule has 0 fully saturated rings. The van der Waals surface area contributed by atoms with Gasteiger partial charge in [0.05, 0.1) is 11.0 Å². The molecule has 1 N–H and O–H groups in total. The van der Waals surface area contributed by atoms with Crippen LogP contribution in [0, 0.1) is 19.7 Å². The van der Waals surface area contributed by atoms with Gasteiger partial charge in [-0.25, -0.2) is 9.37 Å². The molecular weight excluding hydrogens is 227 g/mol. The molecule has 1 heterocycles. The lowest BCUT2D eigenvalue weighted by atomic mass is 10.0. The maximum absolute atomic E-state index is 13.3. The Morgan fingerprint density at radius 1 is 1.00 bits per heavy atom. The molecule has 0 radical (unpaired) electrons. The summed E-state index contributed by atoms with van der Waals surface area (Å²) in [5.74, 6) is 0.730. The SMILES string of the molecule is Cc1nc2cc(-c3ccc(F)c(C)c3)ccc2[nH]1. The van der Waals surface area contributed by atoms with Gasteiger partial charge >= 0.3 is 0 Å². The van der Waals surface area contributed by atoms with Gasteiger partial charge in [-0.15, -0.1) is 0 Å². The summed E-state index contributed by atoms with van der Waals surface area (Å²) in [6.07, 6.45) is 0. The zero-order valence-electron chi connectivity index (χ0n) is 10.3. The Labute approximate surface area is 104 Å². The smallest absolute Gasteiger partial charge is 0.126 e. The monoisotopic (exact) mass is 240 g/mol. The number of imidazole rings is 1. The van der Waals surface area contributed by atoms with E-state index in [1.165, 1.54) is 6.07 Å². The number of aromatic nitrogens is 2. The van der Waals surface area contributed by atoms with Gasteiger partial charge in [0.2, 0.25) is 0 Å².